The highest BCUT2D eigenvalue weighted by molar-refractivity contribution is 5.76. The van der Waals surface area contributed by atoms with Gasteiger partial charge in [-0.1, -0.05) is 51.0 Å². The van der Waals surface area contributed by atoms with Crippen molar-refractivity contribution in [3.8, 4) is 0 Å². The van der Waals surface area contributed by atoms with Crippen LogP contribution in [0.4, 0.5) is 0 Å². The molecule has 1 fully saturated rings. The van der Waals surface area contributed by atoms with Gasteiger partial charge in [0.2, 0.25) is 0 Å². The van der Waals surface area contributed by atoms with Gasteiger partial charge in [-0.25, -0.2) is 0 Å². The molecular formula is C19H29NO. The second kappa shape index (κ2) is 7.74. The molecule has 1 aliphatic rings. The van der Waals surface area contributed by atoms with Crippen molar-refractivity contribution in [1.82, 2.24) is 4.90 Å². The number of hydrogen-bond donors (Lipinski definition) is 0. The minimum atomic E-state index is 0.321. The third-order valence-electron chi connectivity index (χ3n) is 4.55. The molecule has 1 aromatic rings. The van der Waals surface area contributed by atoms with Crippen molar-refractivity contribution in [2.24, 2.45) is 0 Å². The molecule has 1 unspecified atom stereocenters. The first-order valence-corrected chi connectivity index (χ1v) is 8.38. The first-order valence-electron chi connectivity index (χ1n) is 8.38. The van der Waals surface area contributed by atoms with Crippen molar-refractivity contribution in [3.63, 3.8) is 0 Å². The number of hydrogen-bond acceptors (Lipinski definition) is 2. The van der Waals surface area contributed by atoms with Gasteiger partial charge >= 0.3 is 0 Å². The van der Waals surface area contributed by atoms with Crippen molar-refractivity contribution < 1.29 is 4.79 Å². The second-order valence-electron chi connectivity index (χ2n) is 6.78. The Kier molecular flexibility index (Phi) is 5.98. The average Bonchev–Trinajstić information content (AvgIpc) is 2.65. The van der Waals surface area contributed by atoms with E-state index in [9.17, 15) is 4.79 Å². The van der Waals surface area contributed by atoms with Gasteiger partial charge in [0.1, 0.15) is 5.78 Å². The zero-order valence-corrected chi connectivity index (χ0v) is 13.8. The second-order valence-corrected chi connectivity index (χ2v) is 6.78. The number of nitrogens with zero attached hydrogens (tertiary/aromatic N) is 1. The molecule has 21 heavy (non-hydrogen) atoms. The van der Waals surface area contributed by atoms with Gasteiger partial charge in [-0.15, -0.1) is 0 Å². The first kappa shape index (κ1) is 16.2. The zero-order chi connectivity index (χ0) is 15.2. The van der Waals surface area contributed by atoms with Crippen molar-refractivity contribution in [1.29, 1.82) is 0 Å². The van der Waals surface area contributed by atoms with E-state index in [-0.39, 0.29) is 0 Å². The third kappa shape index (κ3) is 4.96. The predicted octanol–water partition coefficient (Wildman–Crippen LogP) is 4.53. The van der Waals surface area contributed by atoms with E-state index in [1.54, 1.807) is 6.92 Å². The maximum atomic E-state index is 11.5. The van der Waals surface area contributed by atoms with E-state index in [4.69, 9.17) is 0 Å². The molecule has 1 aromatic carbocycles. The quantitative estimate of drug-likeness (QED) is 0.792. The number of Topliss-reactive ketones (excluding diaryl/α,β-unsaturated/α-hetero) is 1. The fourth-order valence-corrected chi connectivity index (χ4v) is 3.25. The summed E-state index contributed by atoms with van der Waals surface area (Å²) >= 11 is 0. The SMILES string of the molecule is CC(=O)CC1CCCCCN1Cc1ccc(C(C)C)cc1. The van der Waals surface area contributed by atoms with Crippen LogP contribution in [0.3, 0.4) is 0 Å². The molecule has 116 valence electrons. The maximum Gasteiger partial charge on any atom is 0.131 e. The van der Waals surface area contributed by atoms with Crippen molar-refractivity contribution >= 4 is 5.78 Å². The monoisotopic (exact) mass is 287 g/mol. The van der Waals surface area contributed by atoms with Gasteiger partial charge < -0.3 is 0 Å². The minimum Gasteiger partial charge on any atom is -0.300 e. The third-order valence-corrected chi connectivity index (χ3v) is 4.55. The van der Waals surface area contributed by atoms with Crippen LogP contribution in [0.2, 0.25) is 0 Å². The molecule has 0 spiro atoms. The highest BCUT2D eigenvalue weighted by Gasteiger charge is 2.22. The summed E-state index contributed by atoms with van der Waals surface area (Å²) in [6.07, 6.45) is 5.71. The summed E-state index contributed by atoms with van der Waals surface area (Å²) in [7, 11) is 0. The summed E-state index contributed by atoms with van der Waals surface area (Å²) in [5.41, 5.74) is 2.77. The fraction of sp³-hybridized carbons (Fsp3) is 0.632. The van der Waals surface area contributed by atoms with E-state index in [2.05, 4.69) is 43.0 Å². The number of benzene rings is 1. The average molecular weight is 287 g/mol. The van der Waals surface area contributed by atoms with E-state index in [0.717, 1.165) is 13.1 Å². The van der Waals surface area contributed by atoms with E-state index in [1.807, 2.05) is 0 Å². The van der Waals surface area contributed by atoms with Gasteiger partial charge in [0.05, 0.1) is 0 Å². The smallest absolute Gasteiger partial charge is 0.131 e. The van der Waals surface area contributed by atoms with E-state index in [0.29, 0.717) is 24.2 Å². The van der Waals surface area contributed by atoms with Gasteiger partial charge in [0, 0.05) is 19.0 Å². The van der Waals surface area contributed by atoms with Crippen LogP contribution in [0.1, 0.15) is 69.9 Å². The summed E-state index contributed by atoms with van der Waals surface area (Å²) < 4.78 is 0. The number of ketones is 1. The van der Waals surface area contributed by atoms with Crippen LogP contribution in [0.25, 0.3) is 0 Å². The van der Waals surface area contributed by atoms with Gasteiger partial charge in [0.25, 0.3) is 0 Å². The fourth-order valence-electron chi connectivity index (χ4n) is 3.25. The Morgan fingerprint density at radius 2 is 1.90 bits per heavy atom. The summed E-state index contributed by atoms with van der Waals surface area (Å²) in [6.45, 7) is 8.29. The predicted molar refractivity (Wildman–Crippen MR) is 88.5 cm³/mol. The van der Waals surface area contributed by atoms with Crippen LogP contribution in [0.15, 0.2) is 24.3 Å². The molecule has 2 rings (SSSR count). The summed E-state index contributed by atoms with van der Waals surface area (Å²) in [6, 6.07) is 9.45. The van der Waals surface area contributed by atoms with Gasteiger partial charge in [-0.2, -0.15) is 0 Å². The standard InChI is InChI=1S/C19H29NO/c1-15(2)18-10-8-17(9-11-18)14-20-12-6-4-5-7-19(20)13-16(3)21/h8-11,15,19H,4-7,12-14H2,1-3H3. The number of rotatable bonds is 5. The van der Waals surface area contributed by atoms with E-state index in [1.165, 1.54) is 36.8 Å². The Bertz CT molecular complexity index is 449. The Balaban J connectivity index is 2.04. The molecule has 1 atom stereocenters. The normalized spacial score (nSPS) is 20.5. The van der Waals surface area contributed by atoms with E-state index < -0.39 is 0 Å². The van der Waals surface area contributed by atoms with Crippen molar-refractivity contribution in [2.75, 3.05) is 6.54 Å². The lowest BCUT2D eigenvalue weighted by molar-refractivity contribution is -0.118. The van der Waals surface area contributed by atoms with Crippen molar-refractivity contribution in [2.45, 2.75) is 71.4 Å². The Morgan fingerprint density at radius 1 is 1.19 bits per heavy atom. The molecule has 1 aliphatic heterocycles. The van der Waals surface area contributed by atoms with Crippen LogP contribution >= 0.6 is 0 Å². The van der Waals surface area contributed by atoms with Crippen LogP contribution in [0, 0.1) is 0 Å². The highest BCUT2D eigenvalue weighted by Crippen LogP contribution is 2.22. The molecular weight excluding hydrogens is 258 g/mol. The summed E-state index contributed by atoms with van der Waals surface area (Å²) in [5, 5.41) is 0. The lowest BCUT2D eigenvalue weighted by Crippen LogP contribution is -2.35. The van der Waals surface area contributed by atoms with Crippen LogP contribution in [0.5, 0.6) is 0 Å². The number of carbonyl (C=O) groups excluding carboxylic acids is 1. The summed E-state index contributed by atoms with van der Waals surface area (Å²) in [5.74, 6) is 0.907. The van der Waals surface area contributed by atoms with Gasteiger partial charge in [-0.05, 0) is 43.4 Å². The largest absolute Gasteiger partial charge is 0.300 e. The van der Waals surface area contributed by atoms with Crippen LogP contribution in [-0.4, -0.2) is 23.3 Å². The molecule has 2 nitrogen and oxygen atoms in total. The first-order chi connectivity index (χ1) is 10.1. The Morgan fingerprint density at radius 3 is 2.52 bits per heavy atom. The Labute approximate surface area is 129 Å². The lowest BCUT2D eigenvalue weighted by atomic mass is 10.0. The lowest BCUT2D eigenvalue weighted by Gasteiger charge is -2.29. The molecule has 0 saturated carbocycles. The molecule has 0 N–H and O–H groups in total. The molecule has 0 aliphatic carbocycles. The summed E-state index contributed by atoms with van der Waals surface area (Å²) in [4.78, 5) is 14.0. The maximum absolute atomic E-state index is 11.5. The highest BCUT2D eigenvalue weighted by atomic mass is 16.1. The van der Waals surface area contributed by atoms with E-state index >= 15 is 0 Å². The van der Waals surface area contributed by atoms with Crippen LogP contribution in [-0.2, 0) is 11.3 Å². The van der Waals surface area contributed by atoms with Gasteiger partial charge in [0.15, 0.2) is 0 Å². The van der Waals surface area contributed by atoms with Crippen molar-refractivity contribution in [3.05, 3.63) is 35.4 Å². The molecule has 0 radical (unpaired) electrons. The molecule has 0 amide bonds. The molecule has 2 heteroatoms. The molecule has 1 saturated heterocycles. The molecule has 0 bridgehead atoms. The molecule has 1 heterocycles. The zero-order valence-electron chi connectivity index (χ0n) is 13.8. The molecule has 0 aromatic heterocycles. The minimum absolute atomic E-state index is 0.321. The number of likely N-dealkylation sites (tertiary alicyclic amines) is 1. The van der Waals surface area contributed by atoms with Crippen LogP contribution < -0.4 is 0 Å². The topological polar surface area (TPSA) is 20.3 Å². The van der Waals surface area contributed by atoms with Gasteiger partial charge in [-0.3, -0.25) is 9.69 Å². The number of carbonyl (C=O) groups is 1. The Hall–Kier alpha value is -1.15.